The molecule has 0 N–H and O–H groups in total. The first kappa shape index (κ1) is 18.3. The van der Waals surface area contributed by atoms with E-state index in [0.29, 0.717) is 26.4 Å². The molecule has 0 saturated carbocycles. The van der Waals surface area contributed by atoms with Crippen molar-refractivity contribution in [1.29, 1.82) is 0 Å². The van der Waals surface area contributed by atoms with Crippen molar-refractivity contribution >= 4 is 5.91 Å². The lowest BCUT2D eigenvalue weighted by Crippen LogP contribution is -2.51. The molecule has 6 nitrogen and oxygen atoms in total. The molecule has 0 unspecified atom stereocenters. The molecule has 0 aromatic carbocycles. The predicted molar refractivity (Wildman–Crippen MR) is 93.2 cm³/mol. The number of piperidine rings is 1. The molecule has 0 bridgehead atoms. The van der Waals surface area contributed by atoms with Crippen LogP contribution in [0.1, 0.15) is 37.6 Å². The molecule has 1 amide bonds. The summed E-state index contributed by atoms with van der Waals surface area (Å²) < 4.78 is 17.4. The van der Waals surface area contributed by atoms with Gasteiger partial charge in [0.05, 0.1) is 30.6 Å². The summed E-state index contributed by atoms with van der Waals surface area (Å²) in [4.78, 5) is 18.6. The number of ether oxygens (including phenoxy) is 3. The topological polar surface area (TPSA) is 60.9 Å². The van der Waals surface area contributed by atoms with Gasteiger partial charge in [-0.25, -0.2) is 0 Å². The van der Waals surface area contributed by atoms with Crippen LogP contribution in [0.15, 0.2) is 18.2 Å². The van der Waals surface area contributed by atoms with Crippen molar-refractivity contribution in [3.8, 4) is 0 Å². The van der Waals surface area contributed by atoms with E-state index in [1.54, 1.807) is 0 Å². The van der Waals surface area contributed by atoms with Gasteiger partial charge in [-0.3, -0.25) is 9.78 Å². The van der Waals surface area contributed by atoms with Crippen LogP contribution in [0.3, 0.4) is 0 Å². The zero-order valence-electron chi connectivity index (χ0n) is 15.2. The Morgan fingerprint density at radius 3 is 3.16 bits per heavy atom. The second-order valence-electron chi connectivity index (χ2n) is 6.96. The molecule has 25 heavy (non-hydrogen) atoms. The monoisotopic (exact) mass is 348 g/mol. The van der Waals surface area contributed by atoms with Gasteiger partial charge in [-0.2, -0.15) is 0 Å². The second kappa shape index (κ2) is 8.25. The van der Waals surface area contributed by atoms with Gasteiger partial charge >= 0.3 is 0 Å². The normalized spacial score (nSPS) is 26.3. The van der Waals surface area contributed by atoms with Crippen molar-refractivity contribution in [2.45, 2.75) is 51.4 Å². The fourth-order valence-electron chi connectivity index (χ4n) is 3.67. The van der Waals surface area contributed by atoms with Crippen molar-refractivity contribution in [2.75, 3.05) is 32.9 Å². The van der Waals surface area contributed by atoms with Gasteiger partial charge in [-0.05, 0) is 38.8 Å². The molecule has 1 aromatic heterocycles. The van der Waals surface area contributed by atoms with Crippen LogP contribution < -0.4 is 0 Å². The largest absolute Gasteiger partial charge is 0.372 e. The highest BCUT2D eigenvalue weighted by Gasteiger charge is 2.44. The molecular formula is C19H28N2O4. The van der Waals surface area contributed by atoms with Gasteiger partial charge in [0, 0.05) is 31.8 Å². The SMILES string of the molecule is CCOCC(=O)N1CCC[C@]2(C[C@H](OCc3cccc(C)n3)CO2)C1. The first-order chi connectivity index (χ1) is 12.1. The van der Waals surface area contributed by atoms with Crippen LogP contribution >= 0.6 is 0 Å². The fourth-order valence-corrected chi connectivity index (χ4v) is 3.67. The van der Waals surface area contributed by atoms with Gasteiger partial charge < -0.3 is 19.1 Å². The predicted octanol–water partition coefficient (Wildman–Crippen LogP) is 2.09. The van der Waals surface area contributed by atoms with Crippen molar-refractivity contribution < 1.29 is 19.0 Å². The van der Waals surface area contributed by atoms with Gasteiger partial charge in [0.25, 0.3) is 0 Å². The summed E-state index contributed by atoms with van der Waals surface area (Å²) in [7, 11) is 0. The van der Waals surface area contributed by atoms with Crippen LogP contribution in [-0.2, 0) is 25.6 Å². The summed E-state index contributed by atoms with van der Waals surface area (Å²) in [5.41, 5.74) is 1.68. The molecule has 1 spiro atoms. The molecule has 0 radical (unpaired) electrons. The van der Waals surface area contributed by atoms with Crippen molar-refractivity contribution in [1.82, 2.24) is 9.88 Å². The van der Waals surface area contributed by atoms with Crippen LogP contribution in [0.25, 0.3) is 0 Å². The Bertz CT molecular complexity index is 595. The minimum absolute atomic E-state index is 0.0536. The molecule has 2 saturated heterocycles. The van der Waals surface area contributed by atoms with E-state index >= 15 is 0 Å². The standard InChI is InChI=1S/C19H28N2O4/c1-3-23-13-18(22)21-9-5-8-19(14-21)10-17(12-25-19)24-11-16-7-4-6-15(2)20-16/h4,6-7,17H,3,5,8-14H2,1-2H3/t17-,19-/m0/s1. The van der Waals surface area contributed by atoms with Gasteiger partial charge in [-0.15, -0.1) is 0 Å². The summed E-state index contributed by atoms with van der Waals surface area (Å²) in [6, 6.07) is 5.96. The molecule has 2 atom stereocenters. The Kier molecular flexibility index (Phi) is 6.04. The maximum Gasteiger partial charge on any atom is 0.248 e. The van der Waals surface area contributed by atoms with E-state index in [1.807, 2.05) is 36.9 Å². The summed E-state index contributed by atoms with van der Waals surface area (Å²) in [5.74, 6) is 0.0536. The Labute approximate surface area is 149 Å². The molecule has 2 aliphatic heterocycles. The highest BCUT2D eigenvalue weighted by atomic mass is 16.6. The minimum Gasteiger partial charge on any atom is -0.372 e. The number of carbonyl (C=O) groups is 1. The molecular weight excluding hydrogens is 320 g/mol. The number of hydrogen-bond donors (Lipinski definition) is 0. The van der Waals surface area contributed by atoms with Gasteiger partial charge in [-0.1, -0.05) is 6.07 Å². The number of pyridine rings is 1. The Hall–Kier alpha value is -1.50. The van der Waals surface area contributed by atoms with E-state index in [0.717, 1.165) is 37.2 Å². The number of nitrogens with zero attached hydrogens (tertiary/aromatic N) is 2. The Morgan fingerprint density at radius 2 is 2.36 bits per heavy atom. The summed E-state index contributed by atoms with van der Waals surface area (Å²) >= 11 is 0. The van der Waals surface area contributed by atoms with Crippen LogP contribution in [0.2, 0.25) is 0 Å². The van der Waals surface area contributed by atoms with Crippen LogP contribution in [0.4, 0.5) is 0 Å². The summed E-state index contributed by atoms with van der Waals surface area (Å²) in [5, 5.41) is 0. The lowest BCUT2D eigenvalue weighted by atomic mass is 9.89. The number of aryl methyl sites for hydroxylation is 1. The van der Waals surface area contributed by atoms with Gasteiger partial charge in [0.2, 0.25) is 5.91 Å². The highest BCUT2D eigenvalue weighted by Crippen LogP contribution is 2.36. The first-order valence-corrected chi connectivity index (χ1v) is 9.14. The van der Waals surface area contributed by atoms with Crippen molar-refractivity contribution in [2.24, 2.45) is 0 Å². The Morgan fingerprint density at radius 1 is 1.48 bits per heavy atom. The zero-order chi connectivity index (χ0) is 17.7. The minimum atomic E-state index is -0.259. The number of carbonyl (C=O) groups excluding carboxylic acids is 1. The van der Waals surface area contributed by atoms with Crippen LogP contribution in [0, 0.1) is 6.92 Å². The average Bonchev–Trinajstić information content (AvgIpc) is 3.00. The molecule has 2 aliphatic rings. The Balaban J connectivity index is 1.51. The van der Waals surface area contributed by atoms with Gasteiger partial charge in [0.1, 0.15) is 6.61 Å². The maximum atomic E-state index is 12.2. The lowest BCUT2D eigenvalue weighted by Gasteiger charge is -2.39. The zero-order valence-corrected chi connectivity index (χ0v) is 15.2. The first-order valence-electron chi connectivity index (χ1n) is 9.14. The maximum absolute atomic E-state index is 12.2. The van der Waals surface area contributed by atoms with Crippen molar-refractivity contribution in [3.63, 3.8) is 0 Å². The van der Waals surface area contributed by atoms with E-state index in [9.17, 15) is 4.79 Å². The lowest BCUT2D eigenvalue weighted by molar-refractivity contribution is -0.143. The number of amides is 1. The number of hydrogen-bond acceptors (Lipinski definition) is 5. The van der Waals surface area contributed by atoms with Crippen LogP contribution in [-0.4, -0.2) is 60.4 Å². The summed E-state index contributed by atoms with van der Waals surface area (Å²) in [6.07, 6.45) is 2.83. The molecule has 138 valence electrons. The highest BCUT2D eigenvalue weighted by molar-refractivity contribution is 5.77. The van der Waals surface area contributed by atoms with Crippen molar-refractivity contribution in [3.05, 3.63) is 29.6 Å². The number of likely N-dealkylation sites (tertiary alicyclic amines) is 1. The van der Waals surface area contributed by atoms with E-state index in [4.69, 9.17) is 14.2 Å². The molecule has 3 heterocycles. The van der Waals surface area contributed by atoms with Gasteiger partial charge in [0.15, 0.2) is 0 Å². The van der Waals surface area contributed by atoms with Crippen LogP contribution in [0.5, 0.6) is 0 Å². The smallest absolute Gasteiger partial charge is 0.248 e. The molecule has 0 aliphatic carbocycles. The molecule has 1 aromatic rings. The second-order valence-corrected chi connectivity index (χ2v) is 6.96. The summed E-state index contributed by atoms with van der Waals surface area (Å²) in [6.45, 7) is 7.11. The quantitative estimate of drug-likeness (QED) is 0.788. The number of aromatic nitrogens is 1. The third kappa shape index (κ3) is 4.77. The third-order valence-electron chi connectivity index (χ3n) is 4.91. The average molecular weight is 348 g/mol. The van der Waals surface area contributed by atoms with E-state index in [-0.39, 0.29) is 24.2 Å². The van der Waals surface area contributed by atoms with E-state index < -0.39 is 0 Å². The third-order valence-corrected chi connectivity index (χ3v) is 4.91. The molecule has 3 rings (SSSR count). The fraction of sp³-hybridized carbons (Fsp3) is 0.684. The van der Waals surface area contributed by atoms with E-state index in [1.165, 1.54) is 0 Å². The number of rotatable bonds is 6. The van der Waals surface area contributed by atoms with E-state index in [2.05, 4.69) is 4.98 Å². The molecule has 6 heteroatoms. The molecule has 2 fully saturated rings.